The molecule has 0 aromatic heterocycles. The van der Waals surface area contributed by atoms with E-state index >= 15 is 0 Å². The maximum Gasteiger partial charge on any atom is 0.416 e. The summed E-state index contributed by atoms with van der Waals surface area (Å²) >= 11 is 5.97. The third kappa shape index (κ3) is 7.53. The number of hydrogen-bond donors (Lipinski definition) is 1. The topological polar surface area (TPSA) is 58.6 Å². The Morgan fingerprint density at radius 2 is 1.49 bits per heavy atom. The Bertz CT molecular complexity index is 1110. The minimum absolute atomic E-state index is 0.0351. The van der Waals surface area contributed by atoms with Gasteiger partial charge in [-0.1, -0.05) is 23.7 Å². The molecule has 2 unspecified atom stereocenters. The van der Waals surface area contributed by atoms with Gasteiger partial charge in [-0.05, 0) is 63.1 Å². The van der Waals surface area contributed by atoms with Crippen molar-refractivity contribution < 1.29 is 40.7 Å². The number of likely N-dealkylation sites (tertiary alicyclic amines) is 1. The van der Waals surface area contributed by atoms with Gasteiger partial charge in [0.1, 0.15) is 5.60 Å². The number of benzene rings is 2. The van der Waals surface area contributed by atoms with Gasteiger partial charge in [0.25, 0.3) is 5.91 Å². The van der Waals surface area contributed by atoms with Crippen molar-refractivity contribution >= 4 is 23.6 Å². The molecule has 2 aromatic carbocycles. The fourth-order valence-corrected chi connectivity index (χ4v) is 4.13. The monoisotopic (exact) mass is 550 g/mol. The van der Waals surface area contributed by atoms with Crippen LogP contribution in [0.25, 0.3) is 0 Å². The van der Waals surface area contributed by atoms with E-state index in [9.17, 15) is 35.9 Å². The molecule has 1 aliphatic heterocycles. The first kappa shape index (κ1) is 28.6. The number of piperidine rings is 1. The maximum atomic E-state index is 13.3. The molecule has 202 valence electrons. The Labute approximate surface area is 214 Å². The zero-order valence-electron chi connectivity index (χ0n) is 20.1. The Hall–Kier alpha value is -2.95. The van der Waals surface area contributed by atoms with Crippen LogP contribution in [0.5, 0.6) is 0 Å². The number of carbonyl (C=O) groups is 2. The summed E-state index contributed by atoms with van der Waals surface area (Å²) in [5.74, 6) is -1.62. The van der Waals surface area contributed by atoms with E-state index in [1.807, 2.05) is 0 Å². The van der Waals surface area contributed by atoms with E-state index in [1.54, 1.807) is 45.0 Å². The van der Waals surface area contributed by atoms with E-state index in [0.29, 0.717) is 22.7 Å². The number of halogens is 7. The predicted molar refractivity (Wildman–Crippen MR) is 124 cm³/mol. The highest BCUT2D eigenvalue weighted by Gasteiger charge is 2.39. The first-order valence-electron chi connectivity index (χ1n) is 11.3. The lowest BCUT2D eigenvalue weighted by Crippen LogP contribution is -2.52. The van der Waals surface area contributed by atoms with Crippen LogP contribution in [0, 0.1) is 0 Å². The van der Waals surface area contributed by atoms with Crippen molar-refractivity contribution in [2.24, 2.45) is 0 Å². The number of ether oxygens (including phenoxy) is 1. The Morgan fingerprint density at radius 3 is 1.97 bits per heavy atom. The molecular formula is C25H25ClF6N2O3. The number of amides is 2. The van der Waals surface area contributed by atoms with Gasteiger partial charge in [0.15, 0.2) is 0 Å². The Morgan fingerprint density at radius 1 is 0.946 bits per heavy atom. The molecule has 5 nitrogen and oxygen atoms in total. The van der Waals surface area contributed by atoms with Gasteiger partial charge in [0, 0.05) is 35.6 Å². The van der Waals surface area contributed by atoms with Gasteiger partial charge < -0.3 is 15.0 Å². The van der Waals surface area contributed by atoms with Gasteiger partial charge in [-0.3, -0.25) is 4.79 Å². The van der Waals surface area contributed by atoms with E-state index in [-0.39, 0.29) is 25.6 Å². The van der Waals surface area contributed by atoms with Crippen LogP contribution in [-0.2, 0) is 17.1 Å². The summed E-state index contributed by atoms with van der Waals surface area (Å²) in [5.41, 5.74) is -4.02. The second kappa shape index (κ2) is 10.4. The summed E-state index contributed by atoms with van der Waals surface area (Å²) in [5, 5.41) is 3.02. The zero-order chi connectivity index (χ0) is 27.8. The second-order valence-electron chi connectivity index (χ2n) is 9.75. The highest BCUT2D eigenvalue weighted by molar-refractivity contribution is 6.30. The number of rotatable bonds is 3. The molecule has 0 saturated carbocycles. The molecule has 1 heterocycles. The van der Waals surface area contributed by atoms with Gasteiger partial charge >= 0.3 is 18.4 Å². The van der Waals surface area contributed by atoms with Crippen LogP contribution in [0.15, 0.2) is 42.5 Å². The number of alkyl halides is 6. The molecule has 12 heteroatoms. The molecule has 3 rings (SSSR count). The average Bonchev–Trinajstić information content (AvgIpc) is 2.77. The number of nitrogens with zero attached hydrogens (tertiary/aromatic N) is 1. The molecule has 1 N–H and O–H groups in total. The summed E-state index contributed by atoms with van der Waals surface area (Å²) in [7, 11) is 0. The van der Waals surface area contributed by atoms with Crippen molar-refractivity contribution in [3.8, 4) is 0 Å². The highest BCUT2D eigenvalue weighted by Crippen LogP contribution is 2.37. The molecule has 0 radical (unpaired) electrons. The average molecular weight is 551 g/mol. The van der Waals surface area contributed by atoms with E-state index in [1.165, 1.54) is 4.90 Å². The number of carbonyl (C=O) groups excluding carboxylic acids is 2. The lowest BCUT2D eigenvalue weighted by atomic mass is 9.85. The fraction of sp³-hybridized carbons (Fsp3) is 0.440. The quantitative estimate of drug-likeness (QED) is 0.423. The molecule has 1 saturated heterocycles. The number of hydrogen-bond acceptors (Lipinski definition) is 3. The van der Waals surface area contributed by atoms with E-state index in [4.69, 9.17) is 16.3 Å². The summed E-state index contributed by atoms with van der Waals surface area (Å²) in [6, 6.07) is 6.60. The van der Waals surface area contributed by atoms with E-state index in [0.717, 1.165) is 0 Å². The zero-order valence-corrected chi connectivity index (χ0v) is 20.9. The van der Waals surface area contributed by atoms with Crippen molar-refractivity contribution in [2.45, 2.75) is 57.1 Å². The van der Waals surface area contributed by atoms with Crippen molar-refractivity contribution in [1.82, 2.24) is 10.2 Å². The van der Waals surface area contributed by atoms with Gasteiger partial charge in [-0.15, -0.1) is 0 Å². The summed E-state index contributed by atoms with van der Waals surface area (Å²) < 4.78 is 84.9. The third-order valence-electron chi connectivity index (χ3n) is 5.73. The molecule has 0 spiro atoms. The lowest BCUT2D eigenvalue weighted by Gasteiger charge is -2.39. The standard InChI is InChI=1S/C25H25ClF6N2O3/c1-23(2,3)37-22(36)34-9-8-20(19(13-34)14-4-6-18(26)7-5-14)33-21(35)15-10-16(24(27,28)29)12-17(11-15)25(30,31)32/h4-7,10-12,19-20H,8-9,13H2,1-3H3,(H,33,35). The maximum absolute atomic E-state index is 13.3. The van der Waals surface area contributed by atoms with Gasteiger partial charge in [0.05, 0.1) is 11.1 Å². The van der Waals surface area contributed by atoms with Crippen molar-refractivity contribution in [2.75, 3.05) is 13.1 Å². The van der Waals surface area contributed by atoms with Gasteiger partial charge in [0.2, 0.25) is 0 Å². The Kier molecular flexibility index (Phi) is 8.07. The largest absolute Gasteiger partial charge is 0.444 e. The molecule has 37 heavy (non-hydrogen) atoms. The van der Waals surface area contributed by atoms with Crippen molar-refractivity contribution in [3.05, 3.63) is 69.7 Å². The molecular weight excluding hydrogens is 526 g/mol. The van der Waals surface area contributed by atoms with E-state index in [2.05, 4.69) is 5.32 Å². The van der Waals surface area contributed by atoms with Crippen LogP contribution >= 0.6 is 11.6 Å². The summed E-state index contributed by atoms with van der Waals surface area (Å²) in [4.78, 5) is 27.0. The predicted octanol–water partition coefficient (Wildman–Crippen LogP) is 6.90. The second-order valence-corrected chi connectivity index (χ2v) is 10.2. The molecule has 2 aromatic rings. The van der Waals surface area contributed by atoms with Crippen LogP contribution in [-0.4, -0.2) is 41.6 Å². The molecule has 1 fully saturated rings. The SMILES string of the molecule is CC(C)(C)OC(=O)N1CCC(NC(=O)c2cc(C(F)(F)F)cc(C(F)(F)F)c2)C(c2ccc(Cl)cc2)C1. The highest BCUT2D eigenvalue weighted by atomic mass is 35.5. The van der Waals surface area contributed by atoms with Crippen LogP contribution < -0.4 is 5.32 Å². The van der Waals surface area contributed by atoms with Crippen LogP contribution in [0.1, 0.15) is 60.2 Å². The summed E-state index contributed by atoms with van der Waals surface area (Å²) in [6.45, 7) is 5.37. The molecule has 0 bridgehead atoms. The smallest absolute Gasteiger partial charge is 0.416 e. The fourth-order valence-electron chi connectivity index (χ4n) is 4.00. The van der Waals surface area contributed by atoms with Crippen molar-refractivity contribution in [1.29, 1.82) is 0 Å². The minimum Gasteiger partial charge on any atom is -0.444 e. The first-order chi connectivity index (χ1) is 16.9. The molecule has 2 amide bonds. The van der Waals surface area contributed by atoms with Gasteiger partial charge in [-0.25, -0.2) is 4.79 Å². The van der Waals surface area contributed by atoms with Gasteiger partial charge in [-0.2, -0.15) is 26.3 Å². The third-order valence-corrected chi connectivity index (χ3v) is 5.98. The molecule has 2 atom stereocenters. The normalized spacial score (nSPS) is 18.9. The van der Waals surface area contributed by atoms with Crippen LogP contribution in [0.2, 0.25) is 5.02 Å². The van der Waals surface area contributed by atoms with Crippen LogP contribution in [0.3, 0.4) is 0 Å². The van der Waals surface area contributed by atoms with Crippen LogP contribution in [0.4, 0.5) is 31.1 Å². The number of nitrogens with one attached hydrogen (secondary N) is 1. The first-order valence-corrected chi connectivity index (χ1v) is 11.7. The summed E-state index contributed by atoms with van der Waals surface area (Å²) in [6.07, 6.45) is -10.6. The molecule has 1 aliphatic rings. The molecule has 0 aliphatic carbocycles. The Balaban J connectivity index is 1.91. The minimum atomic E-state index is -5.08. The van der Waals surface area contributed by atoms with Crippen molar-refractivity contribution in [3.63, 3.8) is 0 Å². The lowest BCUT2D eigenvalue weighted by molar-refractivity contribution is -0.143. The van der Waals surface area contributed by atoms with E-state index < -0.39 is 58.6 Å².